The van der Waals surface area contributed by atoms with E-state index < -0.39 is 11.0 Å². The number of aryl methyl sites for hydroxylation is 1. The number of piperidine rings is 1. The maximum absolute atomic E-state index is 13.0. The highest BCUT2D eigenvalue weighted by molar-refractivity contribution is 5.87. The van der Waals surface area contributed by atoms with Gasteiger partial charge in [-0.3, -0.25) is 9.69 Å². The maximum atomic E-state index is 13.0. The predicted octanol–water partition coefficient (Wildman–Crippen LogP) is 4.08. The van der Waals surface area contributed by atoms with E-state index in [1.165, 1.54) is 5.56 Å². The summed E-state index contributed by atoms with van der Waals surface area (Å²) in [5.74, 6) is 1.26. The molecule has 2 aliphatic carbocycles. The molecule has 1 fully saturated rings. The molecule has 0 saturated carbocycles. The number of carbonyl (C=O) groups is 1. The number of aliphatic hydroxyl groups is 1. The lowest BCUT2D eigenvalue weighted by Crippen LogP contribution is -2.74. The highest BCUT2D eigenvalue weighted by Crippen LogP contribution is 2.69. The summed E-state index contributed by atoms with van der Waals surface area (Å²) >= 11 is 0. The molecule has 7 heteroatoms. The summed E-state index contributed by atoms with van der Waals surface area (Å²) < 4.78 is 20.3. The topological polar surface area (TPSA) is 73.2 Å². The number of benzene rings is 2. The quantitative estimate of drug-likeness (QED) is 0.379. The smallest absolute Gasteiger partial charge is 0.307 e. The van der Waals surface area contributed by atoms with Gasteiger partial charge in [0.15, 0.2) is 17.6 Å². The standard InChI is InChI=1S/C31H34N2O5/c1-4-14-32-16-13-30-26-19-10-11-23(36-3)28(26)38-29(30)27-21(18-31(30,35)24(32)17-19)20-8-6-7-9-22(20)33(27)15-12-25(34)37-5-2/h4,6-11,24,29,35H,1,5,12-18H2,2-3H3/t24-,29-,30-,31+/m0/s1. The van der Waals surface area contributed by atoms with Gasteiger partial charge in [0.1, 0.15) is 0 Å². The van der Waals surface area contributed by atoms with Crippen molar-refractivity contribution in [3.63, 3.8) is 0 Å². The monoisotopic (exact) mass is 514 g/mol. The molecule has 1 saturated heterocycles. The fourth-order valence-corrected chi connectivity index (χ4v) is 8.16. The van der Waals surface area contributed by atoms with Gasteiger partial charge in [-0.15, -0.1) is 6.58 Å². The molecule has 1 N–H and O–H groups in total. The van der Waals surface area contributed by atoms with Gasteiger partial charge in [-0.05, 0) is 43.0 Å². The lowest BCUT2D eigenvalue weighted by molar-refractivity contribution is -0.171. The first-order chi connectivity index (χ1) is 18.5. The van der Waals surface area contributed by atoms with Crippen LogP contribution in [-0.4, -0.2) is 59.0 Å². The van der Waals surface area contributed by atoms with Gasteiger partial charge in [0.2, 0.25) is 0 Å². The fraction of sp³-hybridized carbons (Fsp3) is 0.452. The number of methoxy groups -OCH3 is 1. The van der Waals surface area contributed by atoms with E-state index in [0.717, 1.165) is 59.4 Å². The Kier molecular flexibility index (Phi) is 5.23. The van der Waals surface area contributed by atoms with E-state index in [-0.39, 0.29) is 24.5 Å². The second-order valence-electron chi connectivity index (χ2n) is 11.0. The Morgan fingerprint density at radius 2 is 2.13 bits per heavy atom. The molecule has 2 aliphatic heterocycles. The largest absolute Gasteiger partial charge is 0.493 e. The second kappa shape index (κ2) is 8.35. The van der Waals surface area contributed by atoms with Gasteiger partial charge in [0.25, 0.3) is 0 Å². The zero-order valence-electron chi connectivity index (χ0n) is 22.0. The Morgan fingerprint density at radius 3 is 2.92 bits per heavy atom. The molecule has 3 heterocycles. The van der Waals surface area contributed by atoms with Crippen LogP contribution in [0.1, 0.15) is 48.3 Å². The van der Waals surface area contributed by atoms with Crippen LogP contribution in [0.4, 0.5) is 0 Å². The number of para-hydroxylation sites is 1. The normalized spacial score (nSPS) is 28.4. The minimum atomic E-state index is -1.02. The lowest BCUT2D eigenvalue weighted by atomic mass is 9.49. The van der Waals surface area contributed by atoms with Crippen LogP contribution in [0.25, 0.3) is 10.9 Å². The molecule has 4 atom stereocenters. The summed E-state index contributed by atoms with van der Waals surface area (Å²) in [5.41, 5.74) is 3.97. The van der Waals surface area contributed by atoms with Crippen LogP contribution in [0, 0.1) is 0 Å². The molecule has 2 bridgehead atoms. The number of fused-ring (bicyclic) bond motifs is 4. The van der Waals surface area contributed by atoms with E-state index in [9.17, 15) is 9.90 Å². The number of esters is 1. The Bertz CT molecular complexity index is 1480. The number of ether oxygens (including phenoxy) is 3. The summed E-state index contributed by atoms with van der Waals surface area (Å²) in [4.78, 5) is 14.8. The molecule has 4 aliphatic rings. The first-order valence-corrected chi connectivity index (χ1v) is 13.7. The van der Waals surface area contributed by atoms with Crippen LogP contribution >= 0.6 is 0 Å². The maximum Gasteiger partial charge on any atom is 0.307 e. The minimum Gasteiger partial charge on any atom is -0.493 e. The van der Waals surface area contributed by atoms with Gasteiger partial charge >= 0.3 is 5.97 Å². The van der Waals surface area contributed by atoms with E-state index in [4.69, 9.17) is 14.2 Å². The zero-order chi connectivity index (χ0) is 26.2. The van der Waals surface area contributed by atoms with Crippen molar-refractivity contribution in [2.45, 2.75) is 62.3 Å². The number of hydrogen-bond donors (Lipinski definition) is 1. The van der Waals surface area contributed by atoms with E-state index in [1.54, 1.807) is 7.11 Å². The van der Waals surface area contributed by atoms with Crippen LogP contribution in [0.3, 0.4) is 0 Å². The van der Waals surface area contributed by atoms with Crippen LogP contribution in [0.15, 0.2) is 49.1 Å². The lowest BCUT2D eigenvalue weighted by Gasteiger charge is -2.62. The van der Waals surface area contributed by atoms with Crippen molar-refractivity contribution in [1.29, 1.82) is 0 Å². The molecule has 198 valence electrons. The molecule has 1 aromatic heterocycles. The van der Waals surface area contributed by atoms with Gasteiger partial charge in [-0.25, -0.2) is 0 Å². The van der Waals surface area contributed by atoms with Crippen LogP contribution in [-0.2, 0) is 34.3 Å². The summed E-state index contributed by atoms with van der Waals surface area (Å²) in [7, 11) is 1.67. The van der Waals surface area contributed by atoms with Gasteiger partial charge in [0.05, 0.1) is 36.8 Å². The van der Waals surface area contributed by atoms with Gasteiger partial charge < -0.3 is 23.9 Å². The predicted molar refractivity (Wildman–Crippen MR) is 144 cm³/mol. The molecule has 7 rings (SSSR count). The number of hydrogen-bond acceptors (Lipinski definition) is 6. The van der Waals surface area contributed by atoms with Crippen molar-refractivity contribution >= 4 is 16.9 Å². The molecule has 0 unspecified atom stereocenters. The zero-order valence-corrected chi connectivity index (χ0v) is 22.0. The van der Waals surface area contributed by atoms with Crippen molar-refractivity contribution in [2.24, 2.45) is 0 Å². The van der Waals surface area contributed by atoms with Crippen molar-refractivity contribution in [3.8, 4) is 11.5 Å². The average Bonchev–Trinajstić information content (AvgIpc) is 3.41. The second-order valence-corrected chi connectivity index (χ2v) is 11.0. The Hall–Kier alpha value is -3.29. The molecule has 0 amide bonds. The third-order valence-corrected chi connectivity index (χ3v) is 9.55. The molecule has 2 aromatic carbocycles. The number of likely N-dealkylation sites (tertiary alicyclic amines) is 1. The number of aromatic nitrogens is 1. The van der Waals surface area contributed by atoms with Gasteiger partial charge in [0, 0.05) is 48.6 Å². The molecule has 3 aromatic rings. The summed E-state index contributed by atoms with van der Waals surface area (Å²) in [6, 6.07) is 12.4. The molecular formula is C31H34N2O5. The van der Waals surface area contributed by atoms with Gasteiger partial charge in [-0.2, -0.15) is 0 Å². The van der Waals surface area contributed by atoms with E-state index in [1.807, 2.05) is 31.2 Å². The van der Waals surface area contributed by atoms with Crippen LogP contribution < -0.4 is 9.47 Å². The summed E-state index contributed by atoms with van der Waals surface area (Å²) in [6.07, 6.45) is 3.89. The highest BCUT2D eigenvalue weighted by Gasteiger charge is 2.73. The van der Waals surface area contributed by atoms with Crippen molar-refractivity contribution in [1.82, 2.24) is 9.47 Å². The SMILES string of the molecule is C=CCN1CC[C@]23c4c5ccc(OC)c4O[C@H]2c2c(c4ccccc4n2CCC(=O)OCC)C[C@@]3(O)[C@@H]1C5. The molecule has 38 heavy (non-hydrogen) atoms. The Labute approximate surface area is 222 Å². The van der Waals surface area contributed by atoms with Crippen molar-refractivity contribution in [3.05, 3.63) is 71.4 Å². The van der Waals surface area contributed by atoms with Crippen molar-refractivity contribution in [2.75, 3.05) is 26.8 Å². The fourth-order valence-electron chi connectivity index (χ4n) is 8.16. The van der Waals surface area contributed by atoms with Crippen LogP contribution in [0.5, 0.6) is 11.5 Å². The Balaban J connectivity index is 1.49. The van der Waals surface area contributed by atoms with Crippen molar-refractivity contribution < 1.29 is 24.1 Å². The van der Waals surface area contributed by atoms with Gasteiger partial charge in [-0.1, -0.05) is 30.3 Å². The van der Waals surface area contributed by atoms with E-state index >= 15 is 0 Å². The number of carbonyl (C=O) groups excluding carboxylic acids is 1. The first-order valence-electron chi connectivity index (χ1n) is 13.7. The third kappa shape index (κ3) is 2.84. The average molecular weight is 515 g/mol. The first kappa shape index (κ1) is 23.8. The molecule has 0 radical (unpaired) electrons. The van der Waals surface area contributed by atoms with E-state index in [0.29, 0.717) is 25.3 Å². The summed E-state index contributed by atoms with van der Waals surface area (Å²) in [5, 5.41) is 14.1. The molecule has 1 spiro atoms. The Morgan fingerprint density at radius 1 is 1.29 bits per heavy atom. The minimum absolute atomic E-state index is 0.0537. The van der Waals surface area contributed by atoms with E-state index in [2.05, 4.69) is 34.2 Å². The van der Waals surface area contributed by atoms with Crippen LogP contribution in [0.2, 0.25) is 0 Å². The number of rotatable bonds is 7. The number of nitrogens with zero attached hydrogens (tertiary/aromatic N) is 2. The third-order valence-electron chi connectivity index (χ3n) is 9.55. The molecular weight excluding hydrogens is 480 g/mol. The molecule has 7 nitrogen and oxygen atoms in total. The summed E-state index contributed by atoms with van der Waals surface area (Å²) in [6.45, 7) is 8.29. The highest BCUT2D eigenvalue weighted by atomic mass is 16.5.